The van der Waals surface area contributed by atoms with Gasteiger partial charge in [0.15, 0.2) is 0 Å². The minimum absolute atomic E-state index is 0.225. The second-order valence-corrected chi connectivity index (χ2v) is 4.50. The van der Waals surface area contributed by atoms with Crippen molar-refractivity contribution in [1.82, 2.24) is 5.32 Å². The van der Waals surface area contributed by atoms with Crippen molar-refractivity contribution in [2.45, 2.75) is 45.6 Å². The molecule has 1 unspecified atom stereocenters. The van der Waals surface area contributed by atoms with Crippen LogP contribution in [0.3, 0.4) is 0 Å². The third-order valence-electron chi connectivity index (χ3n) is 2.96. The summed E-state index contributed by atoms with van der Waals surface area (Å²) in [4.78, 5) is 0. The van der Waals surface area contributed by atoms with Crippen molar-refractivity contribution < 1.29 is 9.13 Å². The predicted octanol–water partition coefficient (Wildman–Crippen LogP) is 3.76. The van der Waals surface area contributed by atoms with Gasteiger partial charge in [0.1, 0.15) is 11.6 Å². The number of benzene rings is 1. The van der Waals surface area contributed by atoms with Gasteiger partial charge in [-0.05, 0) is 56.5 Å². The van der Waals surface area contributed by atoms with E-state index in [-0.39, 0.29) is 5.82 Å². The quantitative estimate of drug-likeness (QED) is 0.676. The van der Waals surface area contributed by atoms with Gasteiger partial charge in [0.25, 0.3) is 0 Å². The standard InChI is InChI=1S/C15H24FNO/c1-3-11-17-14(4-2)6-5-12-18-15-9-7-13(16)8-10-15/h7-10,14,17H,3-6,11-12H2,1-2H3. The molecule has 1 atom stereocenters. The Kier molecular flexibility index (Phi) is 7.42. The maximum Gasteiger partial charge on any atom is 0.123 e. The van der Waals surface area contributed by atoms with Crippen molar-refractivity contribution in [3.05, 3.63) is 30.1 Å². The van der Waals surface area contributed by atoms with Crippen LogP contribution in [0.15, 0.2) is 24.3 Å². The molecule has 0 aliphatic heterocycles. The normalized spacial score (nSPS) is 12.4. The Morgan fingerprint density at radius 3 is 2.56 bits per heavy atom. The highest BCUT2D eigenvalue weighted by Gasteiger charge is 2.04. The highest BCUT2D eigenvalue weighted by atomic mass is 19.1. The summed E-state index contributed by atoms with van der Waals surface area (Å²) in [7, 11) is 0. The van der Waals surface area contributed by atoms with Crippen molar-refractivity contribution in [1.29, 1.82) is 0 Å². The van der Waals surface area contributed by atoms with E-state index in [4.69, 9.17) is 4.74 Å². The summed E-state index contributed by atoms with van der Waals surface area (Å²) in [6.45, 7) is 6.15. The average Bonchev–Trinajstić information content (AvgIpc) is 2.40. The lowest BCUT2D eigenvalue weighted by Crippen LogP contribution is -2.29. The molecule has 0 saturated heterocycles. The van der Waals surface area contributed by atoms with E-state index in [9.17, 15) is 4.39 Å². The number of halogens is 1. The maximum atomic E-state index is 12.7. The van der Waals surface area contributed by atoms with E-state index >= 15 is 0 Å². The fraction of sp³-hybridized carbons (Fsp3) is 0.600. The van der Waals surface area contributed by atoms with Gasteiger partial charge in [0, 0.05) is 6.04 Å². The lowest BCUT2D eigenvalue weighted by atomic mass is 10.1. The first-order valence-electron chi connectivity index (χ1n) is 6.88. The van der Waals surface area contributed by atoms with Gasteiger partial charge >= 0.3 is 0 Å². The minimum atomic E-state index is -0.225. The second kappa shape index (κ2) is 8.92. The summed E-state index contributed by atoms with van der Waals surface area (Å²) in [6.07, 6.45) is 4.46. The van der Waals surface area contributed by atoms with Gasteiger partial charge < -0.3 is 10.1 Å². The van der Waals surface area contributed by atoms with E-state index in [0.717, 1.165) is 31.6 Å². The Morgan fingerprint density at radius 2 is 1.94 bits per heavy atom. The first-order chi connectivity index (χ1) is 8.76. The molecule has 18 heavy (non-hydrogen) atoms. The molecule has 102 valence electrons. The zero-order valence-electron chi connectivity index (χ0n) is 11.4. The van der Waals surface area contributed by atoms with Gasteiger partial charge in [-0.25, -0.2) is 4.39 Å². The van der Waals surface area contributed by atoms with Crippen LogP contribution in [0.2, 0.25) is 0 Å². The van der Waals surface area contributed by atoms with Crippen LogP contribution in [0, 0.1) is 5.82 Å². The first kappa shape index (κ1) is 15.0. The molecule has 1 rings (SSSR count). The molecule has 2 nitrogen and oxygen atoms in total. The van der Waals surface area contributed by atoms with Crippen LogP contribution < -0.4 is 10.1 Å². The van der Waals surface area contributed by atoms with E-state index in [0.29, 0.717) is 12.6 Å². The van der Waals surface area contributed by atoms with Gasteiger partial charge in [-0.3, -0.25) is 0 Å². The summed E-state index contributed by atoms with van der Waals surface area (Å²) < 4.78 is 18.2. The summed E-state index contributed by atoms with van der Waals surface area (Å²) >= 11 is 0. The van der Waals surface area contributed by atoms with Crippen LogP contribution in [0.4, 0.5) is 4.39 Å². The summed E-state index contributed by atoms with van der Waals surface area (Å²) in [5.74, 6) is 0.517. The molecular formula is C15H24FNO. The fourth-order valence-electron chi connectivity index (χ4n) is 1.85. The second-order valence-electron chi connectivity index (χ2n) is 4.50. The molecule has 0 fully saturated rings. The van der Waals surface area contributed by atoms with Crippen molar-refractivity contribution in [2.24, 2.45) is 0 Å². The molecule has 1 N–H and O–H groups in total. The zero-order chi connectivity index (χ0) is 13.2. The summed E-state index contributed by atoms with van der Waals surface area (Å²) in [6, 6.07) is 6.77. The summed E-state index contributed by atoms with van der Waals surface area (Å²) in [5, 5.41) is 3.52. The number of rotatable bonds is 9. The first-order valence-corrected chi connectivity index (χ1v) is 6.88. The Morgan fingerprint density at radius 1 is 1.22 bits per heavy atom. The number of nitrogens with one attached hydrogen (secondary N) is 1. The molecular weight excluding hydrogens is 229 g/mol. The van der Waals surface area contributed by atoms with Crippen molar-refractivity contribution in [3.63, 3.8) is 0 Å². The van der Waals surface area contributed by atoms with Crippen molar-refractivity contribution in [3.8, 4) is 5.75 Å². The van der Waals surface area contributed by atoms with Gasteiger partial charge in [-0.15, -0.1) is 0 Å². The molecule has 0 aliphatic rings. The molecule has 1 aromatic carbocycles. The van der Waals surface area contributed by atoms with E-state index in [1.54, 1.807) is 12.1 Å². The minimum Gasteiger partial charge on any atom is -0.494 e. The van der Waals surface area contributed by atoms with Crippen LogP contribution in [-0.2, 0) is 0 Å². The largest absolute Gasteiger partial charge is 0.494 e. The molecule has 0 heterocycles. The van der Waals surface area contributed by atoms with Crippen LogP contribution in [0.1, 0.15) is 39.5 Å². The lowest BCUT2D eigenvalue weighted by molar-refractivity contribution is 0.294. The van der Waals surface area contributed by atoms with Crippen LogP contribution in [0.25, 0.3) is 0 Å². The molecule has 3 heteroatoms. The molecule has 0 aromatic heterocycles. The topological polar surface area (TPSA) is 21.3 Å². The van der Waals surface area contributed by atoms with E-state index in [1.165, 1.54) is 18.6 Å². The summed E-state index contributed by atoms with van der Waals surface area (Å²) in [5.41, 5.74) is 0. The van der Waals surface area contributed by atoms with Gasteiger partial charge in [-0.1, -0.05) is 13.8 Å². The molecule has 0 saturated carbocycles. The molecule has 1 aromatic rings. The van der Waals surface area contributed by atoms with Gasteiger partial charge in [-0.2, -0.15) is 0 Å². The predicted molar refractivity (Wildman–Crippen MR) is 73.5 cm³/mol. The zero-order valence-corrected chi connectivity index (χ0v) is 11.4. The smallest absolute Gasteiger partial charge is 0.123 e. The molecule has 0 radical (unpaired) electrons. The lowest BCUT2D eigenvalue weighted by Gasteiger charge is -2.16. The molecule has 0 amide bonds. The monoisotopic (exact) mass is 253 g/mol. The number of hydrogen-bond donors (Lipinski definition) is 1. The Bertz CT molecular complexity index is 313. The van der Waals surface area contributed by atoms with E-state index < -0.39 is 0 Å². The fourth-order valence-corrected chi connectivity index (χ4v) is 1.85. The number of ether oxygens (including phenoxy) is 1. The average molecular weight is 253 g/mol. The van der Waals surface area contributed by atoms with E-state index in [2.05, 4.69) is 19.2 Å². The Labute approximate surface area is 110 Å². The van der Waals surface area contributed by atoms with Crippen molar-refractivity contribution in [2.75, 3.05) is 13.2 Å². The van der Waals surface area contributed by atoms with Crippen LogP contribution in [-0.4, -0.2) is 19.2 Å². The third-order valence-corrected chi connectivity index (χ3v) is 2.96. The maximum absolute atomic E-state index is 12.7. The third kappa shape index (κ3) is 6.01. The molecule has 0 bridgehead atoms. The highest BCUT2D eigenvalue weighted by Crippen LogP contribution is 2.12. The molecule has 0 aliphatic carbocycles. The number of hydrogen-bond acceptors (Lipinski definition) is 2. The SMILES string of the molecule is CCCNC(CC)CCCOc1ccc(F)cc1. The van der Waals surface area contributed by atoms with Gasteiger partial charge in [0.05, 0.1) is 6.61 Å². The van der Waals surface area contributed by atoms with Gasteiger partial charge in [0.2, 0.25) is 0 Å². The van der Waals surface area contributed by atoms with E-state index in [1.807, 2.05) is 0 Å². The highest BCUT2D eigenvalue weighted by molar-refractivity contribution is 5.21. The van der Waals surface area contributed by atoms with Crippen LogP contribution >= 0.6 is 0 Å². The van der Waals surface area contributed by atoms with Crippen LogP contribution in [0.5, 0.6) is 5.75 Å². The van der Waals surface area contributed by atoms with Crippen molar-refractivity contribution >= 4 is 0 Å². The Balaban J connectivity index is 2.15. The Hall–Kier alpha value is -1.09. The molecule has 0 spiro atoms.